The van der Waals surface area contributed by atoms with Gasteiger partial charge in [-0.05, 0) is 18.2 Å². The second-order valence-electron chi connectivity index (χ2n) is 2.71. The molecule has 0 atom stereocenters. The maximum Gasteiger partial charge on any atom is 0.340 e. The molecule has 0 aliphatic rings. The van der Waals surface area contributed by atoms with Gasteiger partial charge in [0.2, 0.25) is 0 Å². The third kappa shape index (κ3) is 1.10. The van der Waals surface area contributed by atoms with E-state index in [1.165, 1.54) is 0 Å². The third-order valence-corrected chi connectivity index (χ3v) is 1.80. The number of aromatic nitrogens is 2. The Bertz CT molecular complexity index is 474. The van der Waals surface area contributed by atoms with Crippen LogP contribution in [0.2, 0.25) is 0 Å². The highest BCUT2D eigenvalue weighted by Crippen LogP contribution is 2.16. The van der Waals surface area contributed by atoms with Crippen LogP contribution in [0.1, 0.15) is 0 Å². The number of hydrogen-bond donors (Lipinski definition) is 2. The average Bonchev–Trinajstić information content (AvgIpc) is 2.46. The summed E-state index contributed by atoms with van der Waals surface area (Å²) in [6.07, 6.45) is 1.57. The summed E-state index contributed by atoms with van der Waals surface area (Å²) in [7, 11) is 0. The molecular weight excluding hydrogens is 168 g/mol. The minimum atomic E-state index is -0.611. The Morgan fingerprint density at radius 2 is 2.23 bits per heavy atom. The van der Waals surface area contributed by atoms with Gasteiger partial charge in [-0.2, -0.15) is 9.78 Å². The van der Waals surface area contributed by atoms with Crippen LogP contribution in [0, 0.1) is 0 Å². The second-order valence-corrected chi connectivity index (χ2v) is 2.71. The van der Waals surface area contributed by atoms with Crippen LogP contribution < -0.4 is 11.5 Å². The van der Waals surface area contributed by atoms with Gasteiger partial charge in [-0.15, -0.1) is 0 Å². The second kappa shape index (κ2) is 2.48. The summed E-state index contributed by atoms with van der Waals surface area (Å²) >= 11 is 0. The molecule has 1 heterocycles. The normalized spacial score (nSPS) is 10.5. The molecule has 0 saturated heterocycles. The fraction of sp³-hybridized carbons (Fsp3) is 0. The summed E-state index contributed by atoms with van der Waals surface area (Å²) in [5.74, 6) is 0. The van der Waals surface area contributed by atoms with E-state index >= 15 is 0 Å². The van der Waals surface area contributed by atoms with Gasteiger partial charge in [-0.3, -0.25) is 0 Å². The van der Waals surface area contributed by atoms with Gasteiger partial charge in [0.05, 0.1) is 11.7 Å². The predicted octanol–water partition coefficient (Wildman–Crippen LogP) is 0.545. The van der Waals surface area contributed by atoms with E-state index in [1.54, 1.807) is 24.4 Å². The van der Waals surface area contributed by atoms with E-state index in [0.717, 1.165) is 10.1 Å². The van der Waals surface area contributed by atoms with Crippen LogP contribution in [0.3, 0.4) is 0 Å². The molecule has 4 N–H and O–H groups in total. The zero-order valence-corrected chi connectivity index (χ0v) is 6.77. The van der Waals surface area contributed by atoms with Crippen molar-refractivity contribution in [2.75, 3.05) is 5.73 Å². The first kappa shape index (κ1) is 7.60. The van der Waals surface area contributed by atoms with Crippen molar-refractivity contribution in [3.63, 3.8) is 0 Å². The van der Waals surface area contributed by atoms with Gasteiger partial charge >= 0.3 is 6.03 Å². The number of nitrogens with two attached hydrogens (primary N) is 2. The Labute approximate surface area is 73.9 Å². The first-order chi connectivity index (χ1) is 6.18. The first-order valence-electron chi connectivity index (χ1n) is 3.71. The summed E-state index contributed by atoms with van der Waals surface area (Å²) in [6.45, 7) is 0. The van der Waals surface area contributed by atoms with Crippen molar-refractivity contribution in [2.45, 2.75) is 0 Å². The first-order valence-corrected chi connectivity index (χ1v) is 3.71. The van der Waals surface area contributed by atoms with Crippen LogP contribution in [0.5, 0.6) is 0 Å². The van der Waals surface area contributed by atoms with E-state index in [4.69, 9.17) is 11.5 Å². The van der Waals surface area contributed by atoms with Gasteiger partial charge in [-0.1, -0.05) is 0 Å². The topological polar surface area (TPSA) is 86.9 Å². The SMILES string of the molecule is NC(=O)n1ncc2ccc(N)cc21. The molecular formula is C8H8N4O. The molecule has 5 nitrogen and oxygen atoms in total. The van der Waals surface area contributed by atoms with Gasteiger partial charge in [0, 0.05) is 11.1 Å². The van der Waals surface area contributed by atoms with Crippen molar-refractivity contribution in [1.82, 2.24) is 9.78 Å². The van der Waals surface area contributed by atoms with Crippen molar-refractivity contribution in [3.05, 3.63) is 24.4 Å². The van der Waals surface area contributed by atoms with Crippen LogP contribution in [-0.2, 0) is 0 Å². The summed E-state index contributed by atoms with van der Waals surface area (Å²) < 4.78 is 1.12. The van der Waals surface area contributed by atoms with Gasteiger partial charge in [0.25, 0.3) is 0 Å². The molecule has 0 radical (unpaired) electrons. The molecule has 0 saturated carbocycles. The molecule has 13 heavy (non-hydrogen) atoms. The fourth-order valence-electron chi connectivity index (χ4n) is 1.21. The highest BCUT2D eigenvalue weighted by Gasteiger charge is 2.05. The number of nitrogens with zero attached hydrogens (tertiary/aromatic N) is 2. The van der Waals surface area contributed by atoms with Crippen molar-refractivity contribution in [3.8, 4) is 0 Å². The van der Waals surface area contributed by atoms with Crippen LogP contribution >= 0.6 is 0 Å². The Morgan fingerprint density at radius 1 is 1.46 bits per heavy atom. The highest BCUT2D eigenvalue weighted by atomic mass is 16.2. The number of fused-ring (bicyclic) bond motifs is 1. The maximum atomic E-state index is 10.9. The molecule has 5 heteroatoms. The molecule has 1 amide bonds. The molecule has 0 spiro atoms. The minimum Gasteiger partial charge on any atom is -0.399 e. The molecule has 2 rings (SSSR count). The molecule has 2 aromatic rings. The number of hydrogen-bond acceptors (Lipinski definition) is 3. The van der Waals surface area contributed by atoms with Gasteiger partial charge in [0.1, 0.15) is 0 Å². The van der Waals surface area contributed by atoms with E-state index < -0.39 is 6.03 Å². The maximum absolute atomic E-state index is 10.9. The zero-order chi connectivity index (χ0) is 9.42. The molecule has 0 fully saturated rings. The number of benzene rings is 1. The third-order valence-electron chi connectivity index (χ3n) is 1.80. The Kier molecular flexibility index (Phi) is 1.45. The highest BCUT2D eigenvalue weighted by molar-refractivity contribution is 5.90. The number of amides is 1. The number of primary amides is 1. The smallest absolute Gasteiger partial charge is 0.340 e. The number of nitrogen functional groups attached to an aromatic ring is 1. The van der Waals surface area contributed by atoms with Crippen LogP contribution in [0.4, 0.5) is 10.5 Å². The van der Waals surface area contributed by atoms with Crippen LogP contribution in [0.15, 0.2) is 24.4 Å². The molecule has 1 aromatic carbocycles. The lowest BCUT2D eigenvalue weighted by Crippen LogP contribution is -2.20. The largest absolute Gasteiger partial charge is 0.399 e. The molecule has 0 aliphatic heterocycles. The van der Waals surface area contributed by atoms with Crippen LogP contribution in [0.25, 0.3) is 10.9 Å². The van der Waals surface area contributed by atoms with Crippen molar-refractivity contribution in [2.24, 2.45) is 5.73 Å². The Morgan fingerprint density at radius 3 is 2.92 bits per heavy atom. The summed E-state index contributed by atoms with van der Waals surface area (Å²) in [4.78, 5) is 10.9. The quantitative estimate of drug-likeness (QED) is 0.574. The molecule has 0 aliphatic carbocycles. The summed E-state index contributed by atoms with van der Waals surface area (Å²) in [5.41, 5.74) is 11.9. The van der Waals surface area contributed by atoms with E-state index in [0.29, 0.717) is 11.2 Å². The van der Waals surface area contributed by atoms with Crippen molar-refractivity contribution in [1.29, 1.82) is 0 Å². The van der Waals surface area contributed by atoms with E-state index in [-0.39, 0.29) is 0 Å². The van der Waals surface area contributed by atoms with Gasteiger partial charge in [0.15, 0.2) is 0 Å². The Balaban J connectivity index is 2.79. The molecule has 0 bridgehead atoms. The molecule has 0 unspecified atom stereocenters. The van der Waals surface area contributed by atoms with Gasteiger partial charge < -0.3 is 11.5 Å². The van der Waals surface area contributed by atoms with Gasteiger partial charge in [-0.25, -0.2) is 4.79 Å². The van der Waals surface area contributed by atoms with E-state index in [9.17, 15) is 4.79 Å². The average molecular weight is 176 g/mol. The number of rotatable bonds is 0. The molecule has 1 aromatic heterocycles. The van der Waals surface area contributed by atoms with E-state index in [2.05, 4.69) is 5.10 Å². The predicted molar refractivity (Wildman–Crippen MR) is 49.1 cm³/mol. The molecule has 66 valence electrons. The Hall–Kier alpha value is -2.04. The lowest BCUT2D eigenvalue weighted by molar-refractivity contribution is 0.248. The lowest BCUT2D eigenvalue weighted by Gasteiger charge is -1.97. The zero-order valence-electron chi connectivity index (χ0n) is 6.77. The summed E-state index contributed by atoms with van der Waals surface area (Å²) in [6, 6.07) is 4.58. The van der Waals surface area contributed by atoms with Crippen molar-refractivity contribution >= 4 is 22.6 Å². The lowest BCUT2D eigenvalue weighted by atomic mass is 10.2. The monoisotopic (exact) mass is 176 g/mol. The van der Waals surface area contributed by atoms with Crippen molar-refractivity contribution < 1.29 is 4.79 Å². The minimum absolute atomic E-state index is 0.579. The fourth-order valence-corrected chi connectivity index (χ4v) is 1.21. The number of carbonyl (C=O) groups excluding carboxylic acids is 1. The number of anilines is 1. The van der Waals surface area contributed by atoms with E-state index in [1.807, 2.05) is 0 Å². The standard InChI is InChI=1S/C8H8N4O/c9-6-2-1-5-4-11-12(8(10)13)7(5)3-6/h1-4H,9H2,(H2,10,13). The number of carbonyl (C=O) groups is 1. The summed E-state index contributed by atoms with van der Waals surface area (Å²) in [5, 5.41) is 4.66. The van der Waals surface area contributed by atoms with Crippen LogP contribution in [-0.4, -0.2) is 15.8 Å².